The molecule has 4 amide bonds. The van der Waals surface area contributed by atoms with Crippen LogP contribution in [0.2, 0.25) is 0 Å². The third kappa shape index (κ3) is 10.4. The standard InChI is InChI=1S/C35H48F3N5O6S/c1-21(2)25(20-22(3)29(44)42-50(48,49)26-19-15-14-18-24(26)40-32(47)35(36,37)38)43(10)31(46)28(33(4,5)6)41-30(45)27(39-9)34(7,8)23-16-12-11-13-17-23/h11-21,25,27-28,39H,1-10H3,(H,40,47)(H,41,45)(H,42,44)/b22-20+. The molecular formula is C35H48F3N5O6S. The van der Waals surface area contributed by atoms with Crippen LogP contribution in [-0.2, 0) is 34.6 Å². The maximum Gasteiger partial charge on any atom is 0.471 e. The highest BCUT2D eigenvalue weighted by Crippen LogP contribution is 2.29. The van der Waals surface area contributed by atoms with Crippen LogP contribution >= 0.6 is 0 Å². The van der Waals surface area contributed by atoms with Crippen molar-refractivity contribution in [1.29, 1.82) is 0 Å². The average molecular weight is 724 g/mol. The zero-order valence-corrected chi connectivity index (χ0v) is 30.8. The maximum atomic E-state index is 14.1. The Hall–Kier alpha value is -4.24. The number of para-hydroxylation sites is 1. The van der Waals surface area contributed by atoms with E-state index in [0.29, 0.717) is 0 Å². The van der Waals surface area contributed by atoms with Gasteiger partial charge in [-0.05, 0) is 43.0 Å². The molecule has 0 aliphatic heterocycles. The number of likely N-dealkylation sites (N-methyl/N-ethyl adjacent to an activating group) is 2. The number of carbonyl (C=O) groups is 4. The molecule has 3 atom stereocenters. The first-order valence-electron chi connectivity index (χ1n) is 15.9. The van der Waals surface area contributed by atoms with Crippen LogP contribution in [0, 0.1) is 11.3 Å². The van der Waals surface area contributed by atoms with E-state index in [9.17, 15) is 40.8 Å². The molecule has 2 rings (SSSR count). The number of nitrogens with zero attached hydrogens (tertiary/aromatic N) is 1. The van der Waals surface area contributed by atoms with E-state index >= 15 is 0 Å². The van der Waals surface area contributed by atoms with E-state index in [1.165, 1.54) is 42.4 Å². The van der Waals surface area contributed by atoms with Gasteiger partial charge < -0.3 is 20.9 Å². The Labute approximate surface area is 292 Å². The van der Waals surface area contributed by atoms with Crippen LogP contribution in [0.3, 0.4) is 0 Å². The number of hydrogen-bond acceptors (Lipinski definition) is 7. The van der Waals surface area contributed by atoms with Crippen molar-refractivity contribution in [2.24, 2.45) is 11.3 Å². The van der Waals surface area contributed by atoms with E-state index in [2.05, 4.69) is 10.6 Å². The van der Waals surface area contributed by atoms with Gasteiger partial charge in [-0.15, -0.1) is 0 Å². The average Bonchev–Trinajstić information content (AvgIpc) is 3.01. The second kappa shape index (κ2) is 16.2. The van der Waals surface area contributed by atoms with E-state index in [1.54, 1.807) is 41.7 Å². The molecule has 0 aromatic heterocycles. The summed E-state index contributed by atoms with van der Waals surface area (Å²) in [5.74, 6) is -4.63. The highest BCUT2D eigenvalue weighted by Gasteiger charge is 2.42. The molecule has 276 valence electrons. The smallest absolute Gasteiger partial charge is 0.342 e. The third-order valence-electron chi connectivity index (χ3n) is 8.36. The summed E-state index contributed by atoms with van der Waals surface area (Å²) in [6.45, 7) is 14.2. The van der Waals surface area contributed by atoms with Crippen LogP contribution in [0.1, 0.15) is 61.0 Å². The minimum atomic E-state index is -5.28. The molecule has 0 heterocycles. The van der Waals surface area contributed by atoms with E-state index in [4.69, 9.17) is 0 Å². The first-order chi connectivity index (χ1) is 22.9. The van der Waals surface area contributed by atoms with Crippen LogP contribution in [-0.4, -0.2) is 75.3 Å². The largest absolute Gasteiger partial charge is 0.471 e. The molecule has 0 bridgehead atoms. The van der Waals surface area contributed by atoms with Gasteiger partial charge in [-0.2, -0.15) is 13.2 Å². The summed E-state index contributed by atoms with van der Waals surface area (Å²) >= 11 is 0. The van der Waals surface area contributed by atoms with Crippen LogP contribution in [0.25, 0.3) is 0 Å². The molecule has 2 aromatic rings. The van der Waals surface area contributed by atoms with Crippen molar-refractivity contribution in [3.63, 3.8) is 0 Å². The molecule has 2 aromatic carbocycles. The van der Waals surface area contributed by atoms with Crippen molar-refractivity contribution < 1.29 is 40.8 Å². The summed E-state index contributed by atoms with van der Waals surface area (Å²) in [4.78, 5) is 53.1. The van der Waals surface area contributed by atoms with E-state index in [1.807, 2.05) is 48.9 Å². The first kappa shape index (κ1) is 41.9. The Morgan fingerprint density at radius 1 is 0.860 bits per heavy atom. The van der Waals surface area contributed by atoms with Crippen LogP contribution < -0.4 is 20.7 Å². The Morgan fingerprint density at radius 3 is 1.90 bits per heavy atom. The summed E-state index contributed by atoms with van der Waals surface area (Å²) in [6.07, 6.45) is -3.88. The van der Waals surface area contributed by atoms with Gasteiger partial charge in [0.2, 0.25) is 11.8 Å². The Kier molecular flexibility index (Phi) is 13.6. The summed E-state index contributed by atoms with van der Waals surface area (Å²) in [5.41, 5.74) is -1.28. The number of nitrogens with one attached hydrogen (secondary N) is 4. The molecule has 4 N–H and O–H groups in total. The molecule has 3 unspecified atom stereocenters. The van der Waals surface area contributed by atoms with E-state index in [0.717, 1.165) is 17.7 Å². The van der Waals surface area contributed by atoms with Crippen LogP contribution in [0.4, 0.5) is 18.9 Å². The lowest BCUT2D eigenvalue weighted by atomic mass is 9.76. The first-order valence-corrected chi connectivity index (χ1v) is 17.4. The Balaban J connectivity index is 2.36. The van der Waals surface area contributed by atoms with Crippen molar-refractivity contribution in [3.8, 4) is 0 Å². The monoisotopic (exact) mass is 723 g/mol. The van der Waals surface area contributed by atoms with Gasteiger partial charge in [0.1, 0.15) is 10.9 Å². The maximum absolute atomic E-state index is 14.1. The van der Waals surface area contributed by atoms with Gasteiger partial charge in [0.15, 0.2) is 0 Å². The summed E-state index contributed by atoms with van der Waals surface area (Å²) in [6, 6.07) is 11.3. The minimum absolute atomic E-state index is 0.111. The molecule has 0 spiro atoms. The number of alkyl halides is 3. The minimum Gasteiger partial charge on any atom is -0.342 e. The molecule has 0 aliphatic rings. The predicted octanol–water partition coefficient (Wildman–Crippen LogP) is 4.52. The number of halogens is 3. The molecule has 0 saturated heterocycles. The number of anilines is 1. The Morgan fingerprint density at radius 2 is 1.40 bits per heavy atom. The molecule has 0 radical (unpaired) electrons. The van der Waals surface area contributed by atoms with Crippen molar-refractivity contribution >= 4 is 39.3 Å². The molecule has 11 nitrogen and oxygen atoms in total. The number of carbonyl (C=O) groups excluding carboxylic acids is 4. The molecule has 0 aliphatic carbocycles. The second-order valence-corrected chi connectivity index (χ2v) is 15.7. The zero-order chi connectivity index (χ0) is 38.4. The molecule has 50 heavy (non-hydrogen) atoms. The van der Waals surface area contributed by atoms with Gasteiger partial charge in [-0.1, -0.05) is 97.0 Å². The number of sulfonamides is 1. The number of benzene rings is 2. The molecule has 15 heteroatoms. The highest BCUT2D eigenvalue weighted by molar-refractivity contribution is 7.90. The van der Waals surface area contributed by atoms with Gasteiger partial charge in [0.05, 0.1) is 17.8 Å². The lowest BCUT2D eigenvalue weighted by Crippen LogP contribution is -2.61. The normalized spacial score (nSPS) is 14.7. The van der Waals surface area contributed by atoms with E-state index in [-0.39, 0.29) is 11.5 Å². The third-order valence-corrected chi connectivity index (χ3v) is 9.75. The fourth-order valence-corrected chi connectivity index (χ4v) is 6.60. The van der Waals surface area contributed by atoms with E-state index < -0.39 is 79.4 Å². The van der Waals surface area contributed by atoms with Crippen LogP contribution in [0.5, 0.6) is 0 Å². The number of amides is 4. The van der Waals surface area contributed by atoms with Crippen molar-refractivity contribution in [2.45, 2.75) is 90.0 Å². The summed E-state index contributed by atoms with van der Waals surface area (Å²) in [5, 5.41) is 7.53. The van der Waals surface area contributed by atoms with Gasteiger partial charge in [0, 0.05) is 18.0 Å². The zero-order valence-electron chi connectivity index (χ0n) is 30.0. The highest BCUT2D eigenvalue weighted by atomic mass is 32.2. The predicted molar refractivity (Wildman–Crippen MR) is 185 cm³/mol. The second-order valence-electron chi connectivity index (χ2n) is 14.0. The lowest BCUT2D eigenvalue weighted by molar-refractivity contribution is -0.167. The van der Waals surface area contributed by atoms with Crippen LogP contribution in [0.15, 0.2) is 71.1 Å². The lowest BCUT2D eigenvalue weighted by Gasteiger charge is -2.40. The van der Waals surface area contributed by atoms with Gasteiger partial charge in [-0.25, -0.2) is 13.1 Å². The fraction of sp³-hybridized carbons (Fsp3) is 0.486. The molecule has 0 fully saturated rings. The quantitative estimate of drug-likeness (QED) is 0.222. The molecule has 0 saturated carbocycles. The summed E-state index contributed by atoms with van der Waals surface area (Å²) in [7, 11) is -1.58. The summed E-state index contributed by atoms with van der Waals surface area (Å²) < 4.78 is 66.5. The van der Waals surface area contributed by atoms with Gasteiger partial charge >= 0.3 is 12.1 Å². The van der Waals surface area contributed by atoms with Gasteiger partial charge in [0.25, 0.3) is 15.9 Å². The number of hydrogen-bond donors (Lipinski definition) is 4. The SMILES string of the molecule is CNC(C(=O)NC(C(=O)N(C)C(/C=C(\C)C(=O)NS(=O)(=O)c1ccccc1NC(=O)C(F)(F)F)C(C)C)C(C)(C)C)C(C)(C)c1ccccc1. The topological polar surface area (TPSA) is 154 Å². The van der Waals surface area contributed by atoms with Crippen molar-refractivity contribution in [1.82, 2.24) is 20.3 Å². The van der Waals surface area contributed by atoms with Crippen molar-refractivity contribution in [3.05, 3.63) is 71.8 Å². The van der Waals surface area contributed by atoms with Gasteiger partial charge in [-0.3, -0.25) is 19.2 Å². The molecular weight excluding hydrogens is 675 g/mol. The van der Waals surface area contributed by atoms with Crippen molar-refractivity contribution in [2.75, 3.05) is 19.4 Å². The fourth-order valence-electron chi connectivity index (χ4n) is 5.42. The number of rotatable bonds is 13. The Bertz CT molecular complexity index is 1690.